The lowest BCUT2D eigenvalue weighted by atomic mass is 9.79. The third-order valence-corrected chi connectivity index (χ3v) is 20.7. The quantitative estimate of drug-likeness (QED) is 0.0298. The van der Waals surface area contributed by atoms with Crippen molar-refractivity contribution in [3.8, 4) is 17.7 Å². The number of likely N-dealkylation sites (N-methyl/N-ethyl adjacent to an activating group) is 3. The van der Waals surface area contributed by atoms with Crippen LogP contribution in [-0.4, -0.2) is 195 Å². The minimum Gasteiger partial charge on any atom is -0.456 e. The van der Waals surface area contributed by atoms with Crippen molar-refractivity contribution in [1.82, 2.24) is 25.3 Å². The van der Waals surface area contributed by atoms with Crippen LogP contribution in [-0.2, 0) is 88.8 Å². The van der Waals surface area contributed by atoms with Crippen molar-refractivity contribution < 1.29 is 74.2 Å². The number of hydrogen-bond donors (Lipinski definition) is 2. The molecule has 0 fully saturated rings. The van der Waals surface area contributed by atoms with Crippen LogP contribution in [0.15, 0.2) is 111 Å². The third-order valence-electron chi connectivity index (χ3n) is 15.8. The molecule has 2 N–H and O–H groups in total. The highest BCUT2D eigenvalue weighted by Crippen LogP contribution is 2.35. The number of nitriles is 1. The smallest absolute Gasteiger partial charge is 0.331 e. The average molecular weight is 1790 g/mol. The fraction of sp³-hybridized carbons (Fsp3) is 0.684. The van der Waals surface area contributed by atoms with Crippen LogP contribution in [0, 0.1) is 62.4 Å². The Balaban J connectivity index is -0.000000108. The number of carbonyl (C=O) groups excluding carboxylic acids is 9. The summed E-state index contributed by atoms with van der Waals surface area (Å²) in [5, 5.41) is 17.9. The number of amides is 2. The number of sulfone groups is 1. The van der Waals surface area contributed by atoms with Gasteiger partial charge in [-0.2, -0.15) is 5.26 Å². The largest absolute Gasteiger partial charge is 0.456 e. The van der Waals surface area contributed by atoms with Crippen LogP contribution in [0.2, 0.25) is 0 Å². The molecule has 0 aromatic rings. The molecule has 0 saturated heterocycles. The van der Waals surface area contributed by atoms with Gasteiger partial charge in [-0.25, -0.2) is 27.0 Å². The predicted molar refractivity (Wildman–Crippen MR) is 517 cm³/mol. The molecule has 0 aliphatic carbocycles. The van der Waals surface area contributed by atoms with Crippen LogP contribution < -0.4 is 10.6 Å². The first-order valence-electron chi connectivity index (χ1n) is 40.2. The summed E-state index contributed by atoms with van der Waals surface area (Å²) in [7, 11) is 6.82. The Hall–Kier alpha value is -6.84. The minimum absolute atomic E-state index is 0.00894. The number of esters is 3. The second-order valence-corrected chi connectivity index (χ2v) is 45.8. The van der Waals surface area contributed by atoms with E-state index in [9.17, 15) is 60.0 Å². The number of ether oxygens (including phenoxy) is 3. The molecule has 2 atom stereocenters. The van der Waals surface area contributed by atoms with Gasteiger partial charge >= 0.3 is 17.9 Å². The van der Waals surface area contributed by atoms with Crippen LogP contribution >= 0.6 is 11.6 Å². The third kappa shape index (κ3) is 96.8. The van der Waals surface area contributed by atoms with E-state index >= 15 is 0 Å². The second kappa shape index (κ2) is 68.5. The first kappa shape index (κ1) is 140. The summed E-state index contributed by atoms with van der Waals surface area (Å²) in [6.45, 7) is 93.7. The number of nitrogens with one attached hydrogen (secondary N) is 2. The molecule has 2 unspecified atom stereocenters. The lowest BCUT2D eigenvalue weighted by molar-refractivity contribution is -0.161. The van der Waals surface area contributed by atoms with Crippen LogP contribution in [0.5, 0.6) is 0 Å². The van der Waals surface area contributed by atoms with Crippen molar-refractivity contribution in [2.24, 2.45) is 39.4 Å². The first-order valence-corrected chi connectivity index (χ1v) is 44.7. The topological polar surface area (TPSA) is 307 Å². The molecule has 121 heavy (non-hydrogen) atoms. The lowest BCUT2D eigenvalue weighted by Gasteiger charge is -2.37. The van der Waals surface area contributed by atoms with Gasteiger partial charge in [-0.3, -0.25) is 33.0 Å². The van der Waals surface area contributed by atoms with E-state index in [1.165, 1.54) is 35.8 Å². The Morgan fingerprint density at radius 3 is 0.950 bits per heavy atom. The number of halogens is 1. The Morgan fingerprint density at radius 2 is 0.793 bits per heavy atom. The summed E-state index contributed by atoms with van der Waals surface area (Å²) in [4.78, 5) is 104. The van der Waals surface area contributed by atoms with E-state index in [1.54, 1.807) is 65.0 Å². The molecule has 0 spiro atoms. The number of alkyl halides is 1. The maximum atomic E-state index is 11.6. The Kier molecular flexibility index (Phi) is 79.3. The SMILES string of the molecule is C#CS(=O)C(C)(C)C.C/C=C/C(=O)OC(C)(C)C(C)(C)C.C=CC(=O)C(C)C.C=CC(=O)NC(C)(C)C.C=CC(=O)OC(C)(C)C(C)(C)C.C=CS(=O)(=O)C(C)C.C=CS(=O)C(C)(C)C.CC(C)C(=O)CC#N.CC(C)C(=O)CCl.CN(C)C/C=C/C(=O)C(C)(C)C.CN(C)C/C=C/C(=O)NC(C)(C)C.CN(C)C/C=C/C(=O)OC(C)(C)C(C)(C)C. The Morgan fingerprint density at radius 1 is 0.471 bits per heavy atom. The maximum Gasteiger partial charge on any atom is 0.331 e. The number of carbonyl (C=O) groups is 9. The second-order valence-electron chi connectivity index (χ2n) is 38.9. The van der Waals surface area contributed by atoms with Crippen molar-refractivity contribution in [3.05, 3.63) is 111 Å². The summed E-state index contributed by atoms with van der Waals surface area (Å²) in [6.07, 6.45) is 22.2. The van der Waals surface area contributed by atoms with Crippen molar-refractivity contribution in [1.29, 1.82) is 5.26 Å². The van der Waals surface area contributed by atoms with Crippen molar-refractivity contribution in [2.45, 2.75) is 319 Å². The predicted octanol–water partition coefficient (Wildman–Crippen LogP) is 19.5. The maximum absolute atomic E-state index is 11.6. The monoisotopic (exact) mass is 1790 g/mol. The molecule has 0 aliphatic rings. The van der Waals surface area contributed by atoms with Gasteiger partial charge in [-0.1, -0.05) is 182 Å². The van der Waals surface area contributed by atoms with Crippen molar-refractivity contribution in [3.63, 3.8) is 0 Å². The average Bonchev–Trinajstić information content (AvgIpc) is 0.845. The molecule has 0 aliphatic heterocycles. The number of nitrogens with zero attached hydrogens (tertiary/aromatic N) is 4. The van der Waals surface area contributed by atoms with Crippen molar-refractivity contribution >= 4 is 95.9 Å². The molecule has 0 heterocycles. The van der Waals surface area contributed by atoms with Crippen LogP contribution in [0.1, 0.15) is 276 Å². The van der Waals surface area contributed by atoms with Gasteiger partial charge in [-0.05, 0) is 217 Å². The molecule has 2 amide bonds. The van der Waals surface area contributed by atoms with E-state index in [0.717, 1.165) is 25.0 Å². The molecule has 706 valence electrons. The Labute approximate surface area is 750 Å². The summed E-state index contributed by atoms with van der Waals surface area (Å²) in [6, 6.07) is 1.80. The first-order chi connectivity index (χ1) is 53.6. The number of Topliss-reactive ketones (excluding diaryl/α,β-unsaturated/α-hetero) is 2. The number of hydrogen-bond acceptors (Lipinski definition) is 20. The molecule has 0 bridgehead atoms. The molecule has 26 heteroatoms. The van der Waals surface area contributed by atoms with E-state index in [-0.39, 0.29) is 130 Å². The zero-order chi connectivity index (χ0) is 100. The number of terminal acetylenes is 1. The standard InChI is InChI=1S/C13H25NO2.C11H20O2.C10H20N2O.C10H19NO.C10H18O2.C7H13NO.C6H9NO.C6H12OS.C6H10OS.C6H10O.C5H9ClO.C5H10O2S/c1-12(2,3)13(4,5)16-11(15)9-8-10-14(6)7;1-7-8-9(12)13-11(5,6)10(2,3)4;1-10(2,3)11-9(13)7-6-8-12(4)5;1-10(2,3)9(12)7-6-8-11(4)5;1-7-8(11)12-10(5,6)9(2,3)4;1-5-6(9)8-7(2,3)4;1-5(2)6(8)3-4-7;2*1-5-8(7)6(2,3)4;1-4-6(7)5(2)3;1-4(2)5(7)3-6;1-4-8(6,7)5(2)3/h8-9H,10H2,1-7H3;7-8H,1-6H3;6-7H,8H2,1-5H3,(H,11,13);6-7H,8H2,1-5H3;7H,1H2,2-6H3;5H,1H2,2-4H3,(H,8,9);5H,3H2,1-2H3;5H,1H2,2-4H3;1H,2-4H3;4-5H,1H2,2-3H3;4H,3H2,1-2H3;4-5H,1H2,2-3H3/b9-8+;8-7+;2*7-6+;;;;;;;;. The van der Waals surface area contributed by atoms with Gasteiger partial charge in [0.05, 0.1) is 34.4 Å². The molecule has 0 aromatic carbocycles. The zero-order valence-corrected chi connectivity index (χ0v) is 87.6. The van der Waals surface area contributed by atoms with E-state index in [0.29, 0.717) is 0 Å². The lowest BCUT2D eigenvalue weighted by Crippen LogP contribution is -2.40. The number of allylic oxidation sites excluding steroid dienone is 3. The summed E-state index contributed by atoms with van der Waals surface area (Å²) in [5.41, 5.74) is -2.10. The highest BCUT2D eigenvalue weighted by Gasteiger charge is 2.38. The van der Waals surface area contributed by atoms with Gasteiger partial charge in [0.15, 0.2) is 21.4 Å². The molecule has 0 saturated carbocycles. The Bertz CT molecular complexity index is 3430. The van der Waals surface area contributed by atoms with Gasteiger partial charge < -0.3 is 39.5 Å². The fourth-order valence-electron chi connectivity index (χ4n) is 4.93. The van der Waals surface area contributed by atoms with Crippen molar-refractivity contribution in [2.75, 3.05) is 67.8 Å². The van der Waals surface area contributed by atoms with E-state index in [4.69, 9.17) is 37.5 Å². The van der Waals surface area contributed by atoms with Gasteiger partial charge in [0, 0.05) is 109 Å². The summed E-state index contributed by atoms with van der Waals surface area (Å²) < 4.78 is 58.3. The van der Waals surface area contributed by atoms with Gasteiger partial charge in [0.2, 0.25) is 11.8 Å². The van der Waals surface area contributed by atoms with E-state index in [2.05, 4.69) is 90.3 Å². The van der Waals surface area contributed by atoms with Gasteiger partial charge in [0.1, 0.15) is 39.2 Å². The molecule has 0 aromatic heterocycles. The van der Waals surface area contributed by atoms with Crippen LogP contribution in [0.4, 0.5) is 0 Å². The summed E-state index contributed by atoms with van der Waals surface area (Å²) >= 11 is 5.20. The van der Waals surface area contributed by atoms with E-state index < -0.39 is 48.2 Å². The molecule has 22 nitrogen and oxygen atoms in total. The molecular weight excluding hydrogens is 1610 g/mol. The number of rotatable bonds is 24. The molecule has 0 rings (SSSR count). The highest BCUT2D eigenvalue weighted by atomic mass is 35.5. The normalized spacial score (nSPS) is 12.3. The van der Waals surface area contributed by atoms with Gasteiger partial charge in [0.25, 0.3) is 0 Å². The van der Waals surface area contributed by atoms with E-state index in [1.807, 2.05) is 263 Å². The summed E-state index contributed by atoms with van der Waals surface area (Å²) in [5.74, 6) is -0.281. The number of ketones is 4. The highest BCUT2D eigenvalue weighted by molar-refractivity contribution is 7.94. The molecular formula is C95H175ClN6O16S3. The zero-order valence-electron chi connectivity index (χ0n) is 84.4. The minimum atomic E-state index is -2.97. The van der Waals surface area contributed by atoms with Crippen LogP contribution in [0.25, 0.3) is 0 Å². The van der Waals surface area contributed by atoms with Crippen LogP contribution in [0.3, 0.4) is 0 Å². The van der Waals surface area contributed by atoms with Gasteiger partial charge in [-0.15, -0.1) is 18.0 Å². The fourth-order valence-corrected chi connectivity index (χ4v) is 6.48. The molecule has 0 radical (unpaired) electrons.